The van der Waals surface area contributed by atoms with Crippen molar-refractivity contribution >= 4 is 40.2 Å². The number of aliphatic hydroxyl groups is 1. The number of hydrogen-bond acceptors (Lipinski definition) is 13. The average molecular weight is 847 g/mol. The number of carbonyl (C=O) groups excluding carboxylic acids is 4. The lowest BCUT2D eigenvalue weighted by atomic mass is 9.73. The highest BCUT2D eigenvalue weighted by atomic mass is 19.1. The molecule has 1 aromatic carbocycles. The molecule has 3 saturated heterocycles. The molecular weight excluding hydrogens is 783 g/mol. The van der Waals surface area contributed by atoms with Gasteiger partial charge < -0.3 is 43.6 Å². The van der Waals surface area contributed by atoms with Crippen LogP contribution in [0.25, 0.3) is 10.9 Å². The standard InChI is InChI=1S/C43H63FN4O12/c1-11-32-43(9)35(47(40(53)60-43)19-14-13-18-46-20-17-28-22-29(48(54)55)15-16-31(28)46)26(5)33(49)24(3)23-41(7,56-10)37(27(6)36(51)42(8,44)39(52)58-32)59-38-34(50)30(45-12-2)21-25(4)57-38/h15-17,20,22,24-27,30,32,34-35,37-38,45,50H,11-14,18-19,21,23H2,1-10H3/t24-,25-,26+,27+,30+,32-,34+,35?,37-,38+,41-,42+,43-/m1/s1. The number of ether oxygens (including phenoxy) is 5. The van der Waals surface area contributed by atoms with Crippen molar-refractivity contribution in [2.75, 3.05) is 20.2 Å². The minimum atomic E-state index is -3.20. The molecule has 2 aromatic rings. The fraction of sp³-hybridized carbons (Fsp3) is 0.721. The Labute approximate surface area is 350 Å². The van der Waals surface area contributed by atoms with Gasteiger partial charge in [-0.15, -0.1) is 0 Å². The van der Waals surface area contributed by atoms with Crippen molar-refractivity contribution in [3.8, 4) is 0 Å². The van der Waals surface area contributed by atoms with Crippen molar-refractivity contribution in [1.29, 1.82) is 0 Å². The van der Waals surface area contributed by atoms with Gasteiger partial charge in [-0.05, 0) is 78.5 Å². The first-order chi connectivity index (χ1) is 28.1. The molecular formula is C43H63FN4O12. The van der Waals surface area contributed by atoms with Gasteiger partial charge in [0.05, 0.1) is 28.8 Å². The molecule has 1 amide bonds. The van der Waals surface area contributed by atoms with Gasteiger partial charge in [0.1, 0.15) is 18.0 Å². The summed E-state index contributed by atoms with van der Waals surface area (Å²) in [5.74, 6) is -5.95. The van der Waals surface area contributed by atoms with E-state index in [1.54, 1.807) is 46.8 Å². The zero-order valence-corrected chi connectivity index (χ0v) is 36.5. The molecule has 16 nitrogen and oxygen atoms in total. The molecule has 3 aliphatic heterocycles. The monoisotopic (exact) mass is 846 g/mol. The molecule has 3 fully saturated rings. The van der Waals surface area contributed by atoms with Gasteiger partial charge in [-0.25, -0.2) is 14.0 Å². The number of nitro benzene ring substituents is 1. The molecule has 0 aliphatic carbocycles. The lowest BCUT2D eigenvalue weighted by molar-refractivity contribution is -0.384. The number of aliphatic hydroxyl groups excluding tert-OH is 1. The molecule has 0 bridgehead atoms. The van der Waals surface area contributed by atoms with Gasteiger partial charge in [0.15, 0.2) is 17.7 Å². The summed E-state index contributed by atoms with van der Waals surface area (Å²) < 4.78 is 49.3. The van der Waals surface area contributed by atoms with Crippen LogP contribution in [0.5, 0.6) is 0 Å². The summed E-state index contributed by atoms with van der Waals surface area (Å²) in [7, 11) is 1.39. The van der Waals surface area contributed by atoms with Crippen molar-refractivity contribution in [1.82, 2.24) is 14.8 Å². The summed E-state index contributed by atoms with van der Waals surface area (Å²) in [4.78, 5) is 69.0. The molecule has 0 radical (unpaired) electrons. The fourth-order valence-corrected chi connectivity index (χ4v) is 9.75. The van der Waals surface area contributed by atoms with Crippen molar-refractivity contribution in [2.24, 2.45) is 17.8 Å². The Balaban J connectivity index is 1.47. The number of carbonyl (C=O) groups is 4. The molecule has 13 atom stereocenters. The predicted octanol–water partition coefficient (Wildman–Crippen LogP) is 5.67. The van der Waals surface area contributed by atoms with E-state index in [0.717, 1.165) is 17.8 Å². The fourth-order valence-electron chi connectivity index (χ4n) is 9.75. The molecule has 5 rings (SSSR count). The number of Topliss-reactive ketones (excluding diaryl/α,β-unsaturated/α-hetero) is 2. The number of cyclic esters (lactones) is 1. The van der Waals surface area contributed by atoms with E-state index in [1.165, 1.54) is 31.1 Å². The SMILES string of the molecule is CCN[C@H]1C[C@@H](C)O[C@@H](O[C@@H]2[C@@H](C)C(=O)[C@](C)(F)C(=O)O[C@H](CC)[C@@]3(C)OC(=O)N(CCCCn4ccc5cc([N+](=O)[O-])ccc54)C3[C@@H](C)C(=O)[C@H](C)C[C@@]2(C)OC)[C@H]1O. The Morgan fingerprint density at radius 3 is 2.35 bits per heavy atom. The minimum absolute atomic E-state index is 0.00721. The van der Waals surface area contributed by atoms with Gasteiger partial charge >= 0.3 is 12.1 Å². The predicted molar refractivity (Wildman–Crippen MR) is 218 cm³/mol. The molecule has 1 unspecified atom stereocenters. The highest BCUT2D eigenvalue weighted by molar-refractivity contribution is 6.08. The first-order valence-electron chi connectivity index (χ1n) is 21.1. The number of nitrogens with one attached hydrogen (secondary N) is 1. The first kappa shape index (κ1) is 47.0. The number of benzene rings is 1. The highest BCUT2D eigenvalue weighted by Gasteiger charge is 2.61. The van der Waals surface area contributed by atoms with E-state index in [-0.39, 0.29) is 37.0 Å². The molecule has 1 aromatic heterocycles. The smallest absolute Gasteiger partial charge is 0.410 e. The quantitative estimate of drug-likeness (QED) is 0.0872. The van der Waals surface area contributed by atoms with E-state index in [9.17, 15) is 34.4 Å². The Hall–Kier alpha value is -4.03. The number of methoxy groups -OCH3 is 1. The van der Waals surface area contributed by atoms with Crippen LogP contribution in [0.15, 0.2) is 30.5 Å². The van der Waals surface area contributed by atoms with Crippen molar-refractivity contribution in [3.63, 3.8) is 0 Å². The summed E-state index contributed by atoms with van der Waals surface area (Å²) in [5.41, 5.74) is -5.49. The third-order valence-electron chi connectivity index (χ3n) is 13.0. The van der Waals surface area contributed by atoms with Crippen LogP contribution >= 0.6 is 0 Å². The number of nitro groups is 1. The normalized spacial score (nSPS) is 37.1. The van der Waals surface area contributed by atoms with Crippen LogP contribution in [0, 0.1) is 27.9 Å². The van der Waals surface area contributed by atoms with E-state index in [1.807, 2.05) is 24.6 Å². The number of halogens is 1. The topological polar surface area (TPSA) is 198 Å². The minimum Gasteiger partial charge on any atom is -0.455 e. The first-order valence-corrected chi connectivity index (χ1v) is 21.1. The zero-order valence-electron chi connectivity index (χ0n) is 36.5. The summed E-state index contributed by atoms with van der Waals surface area (Å²) in [6, 6.07) is 5.07. The van der Waals surface area contributed by atoms with Crippen molar-refractivity contribution in [3.05, 3.63) is 40.6 Å². The van der Waals surface area contributed by atoms with Gasteiger partial charge in [-0.3, -0.25) is 19.7 Å². The Morgan fingerprint density at radius 2 is 1.72 bits per heavy atom. The van der Waals surface area contributed by atoms with Crippen LogP contribution in [-0.2, 0) is 44.6 Å². The Kier molecular flexibility index (Phi) is 14.5. The number of nitrogens with zero attached hydrogens (tertiary/aromatic N) is 3. The van der Waals surface area contributed by atoms with Gasteiger partial charge in [0, 0.05) is 73.2 Å². The third-order valence-corrected chi connectivity index (χ3v) is 13.0. The van der Waals surface area contributed by atoms with E-state index in [2.05, 4.69) is 5.32 Å². The number of likely N-dealkylation sites (N-methyl/N-ethyl adjacent to an activating group) is 1. The maximum atomic E-state index is 16.9. The van der Waals surface area contributed by atoms with E-state index in [4.69, 9.17) is 23.7 Å². The largest absolute Gasteiger partial charge is 0.455 e. The molecule has 2 N–H and O–H groups in total. The number of unbranched alkanes of at least 4 members (excludes halogenated alkanes) is 1. The molecule has 17 heteroatoms. The Bertz CT molecular complexity index is 1910. The van der Waals surface area contributed by atoms with Crippen LogP contribution in [0.1, 0.15) is 94.4 Å². The summed E-state index contributed by atoms with van der Waals surface area (Å²) in [6.07, 6.45) is -2.71. The molecule has 0 spiro atoms. The van der Waals surface area contributed by atoms with Gasteiger partial charge in [-0.2, -0.15) is 0 Å². The van der Waals surface area contributed by atoms with Crippen LogP contribution < -0.4 is 5.32 Å². The third kappa shape index (κ3) is 9.10. The lowest BCUT2D eigenvalue weighted by Gasteiger charge is -2.46. The van der Waals surface area contributed by atoms with Crippen LogP contribution in [0.4, 0.5) is 14.9 Å². The number of hydrogen-bond donors (Lipinski definition) is 2. The molecule has 3 aliphatic rings. The van der Waals surface area contributed by atoms with Crippen molar-refractivity contribution < 1.29 is 57.3 Å². The van der Waals surface area contributed by atoms with Gasteiger partial charge in [-0.1, -0.05) is 34.6 Å². The number of ketones is 2. The maximum Gasteiger partial charge on any atom is 0.410 e. The zero-order chi connectivity index (χ0) is 44.5. The van der Waals surface area contributed by atoms with Gasteiger partial charge in [0.25, 0.3) is 11.4 Å². The number of alkyl halides is 1. The molecule has 0 saturated carbocycles. The number of amides is 1. The van der Waals surface area contributed by atoms with Crippen LogP contribution in [-0.4, -0.2) is 123 Å². The number of aryl methyl sites for hydroxylation is 1. The van der Waals surface area contributed by atoms with Gasteiger partial charge in [0.2, 0.25) is 0 Å². The second kappa shape index (κ2) is 18.5. The summed E-state index contributed by atoms with van der Waals surface area (Å²) >= 11 is 0. The summed E-state index contributed by atoms with van der Waals surface area (Å²) in [5, 5.41) is 26.6. The average Bonchev–Trinajstić information content (AvgIpc) is 3.73. The number of esters is 1. The summed E-state index contributed by atoms with van der Waals surface area (Å²) in [6.45, 7) is 15.5. The van der Waals surface area contributed by atoms with E-state index >= 15 is 4.39 Å². The van der Waals surface area contributed by atoms with Crippen molar-refractivity contribution in [2.45, 2.75) is 161 Å². The molecule has 60 heavy (non-hydrogen) atoms. The van der Waals surface area contributed by atoms with E-state index in [0.29, 0.717) is 32.4 Å². The molecule has 4 heterocycles. The highest BCUT2D eigenvalue weighted by Crippen LogP contribution is 2.43. The second-order valence-corrected chi connectivity index (χ2v) is 17.4. The molecule has 334 valence electrons. The Morgan fingerprint density at radius 1 is 1.03 bits per heavy atom. The second-order valence-electron chi connectivity index (χ2n) is 17.4. The van der Waals surface area contributed by atoms with Crippen LogP contribution in [0.2, 0.25) is 0 Å². The van der Waals surface area contributed by atoms with E-state index < -0.39 is 94.1 Å². The number of non-ortho nitro benzene ring substituents is 1. The lowest BCUT2D eigenvalue weighted by Crippen LogP contribution is -2.62. The number of aromatic nitrogens is 1. The number of rotatable bonds is 12. The van der Waals surface area contributed by atoms with Crippen LogP contribution in [0.3, 0.4) is 0 Å². The maximum absolute atomic E-state index is 16.9. The number of fused-ring (bicyclic) bond motifs is 2.